The van der Waals surface area contributed by atoms with Gasteiger partial charge in [-0.05, 0) is 43.2 Å². The van der Waals surface area contributed by atoms with Crippen molar-refractivity contribution in [2.45, 2.75) is 19.9 Å². The van der Waals surface area contributed by atoms with Gasteiger partial charge in [-0.2, -0.15) is 0 Å². The fourth-order valence-corrected chi connectivity index (χ4v) is 4.99. The van der Waals surface area contributed by atoms with E-state index in [4.69, 9.17) is 14.2 Å². The van der Waals surface area contributed by atoms with Gasteiger partial charge < -0.3 is 14.2 Å². The molecule has 0 saturated carbocycles. The lowest BCUT2D eigenvalue weighted by atomic mass is 9.95. The molecular formula is C27H26N2O5S. The number of methoxy groups -OCH3 is 2. The Bertz CT molecular complexity index is 1500. The number of hydrogen-bond donors (Lipinski definition) is 0. The normalized spacial score (nSPS) is 15.3. The molecule has 1 aliphatic rings. The number of fused-ring (bicyclic) bond motifs is 1. The van der Waals surface area contributed by atoms with Crippen LogP contribution in [0.1, 0.15) is 29.7 Å². The molecule has 0 unspecified atom stereocenters. The van der Waals surface area contributed by atoms with Crippen LogP contribution in [-0.4, -0.2) is 31.4 Å². The molecule has 180 valence electrons. The molecule has 2 aromatic carbocycles. The van der Waals surface area contributed by atoms with Crippen molar-refractivity contribution in [2.24, 2.45) is 4.99 Å². The number of carbonyl (C=O) groups excluding carboxylic acids is 1. The Morgan fingerprint density at radius 2 is 1.83 bits per heavy atom. The van der Waals surface area contributed by atoms with Gasteiger partial charge >= 0.3 is 5.97 Å². The standard InChI is InChI=1S/C27H26N2O5S/c1-6-13-34-26(31)23-17(3)28-27-29(24(23)19-11-12-20(32-4)21(15-19)33-5)25(30)22(35-27)14-18-9-7-16(2)8-10-18/h6-12,14-15,24H,1,13H2,2-5H3/b22-14-/t24-/m1/s1. The summed E-state index contributed by atoms with van der Waals surface area (Å²) in [6.45, 7) is 7.41. The molecule has 0 spiro atoms. The first-order chi connectivity index (χ1) is 16.9. The Kier molecular flexibility index (Phi) is 7.02. The van der Waals surface area contributed by atoms with Gasteiger partial charge in [0.1, 0.15) is 6.61 Å². The number of rotatable bonds is 7. The van der Waals surface area contributed by atoms with Gasteiger partial charge in [0.15, 0.2) is 16.3 Å². The number of carbonyl (C=O) groups is 1. The topological polar surface area (TPSA) is 79.1 Å². The second-order valence-electron chi connectivity index (χ2n) is 7.99. The minimum absolute atomic E-state index is 0.0477. The maximum Gasteiger partial charge on any atom is 0.338 e. The van der Waals surface area contributed by atoms with Crippen molar-refractivity contribution in [1.29, 1.82) is 0 Å². The quantitative estimate of drug-likeness (QED) is 0.375. The molecule has 0 bridgehead atoms. The highest BCUT2D eigenvalue weighted by Gasteiger charge is 2.34. The Labute approximate surface area is 206 Å². The lowest BCUT2D eigenvalue weighted by Crippen LogP contribution is -2.40. The van der Waals surface area contributed by atoms with Crippen molar-refractivity contribution in [3.63, 3.8) is 0 Å². The SMILES string of the molecule is C=CCOC(=O)C1=C(C)N=c2s/c(=C\c3ccc(C)cc3)c(=O)n2[C@@H]1c1ccc(OC)c(OC)c1. The molecule has 35 heavy (non-hydrogen) atoms. The van der Waals surface area contributed by atoms with E-state index in [-0.39, 0.29) is 17.7 Å². The number of aryl methyl sites for hydroxylation is 1. The zero-order chi connectivity index (χ0) is 25.1. The summed E-state index contributed by atoms with van der Waals surface area (Å²) in [7, 11) is 3.09. The summed E-state index contributed by atoms with van der Waals surface area (Å²) in [5.74, 6) is 0.471. The van der Waals surface area contributed by atoms with Crippen LogP contribution in [0.3, 0.4) is 0 Å². The van der Waals surface area contributed by atoms with E-state index in [2.05, 4.69) is 11.6 Å². The van der Waals surface area contributed by atoms with Gasteiger partial charge in [-0.3, -0.25) is 9.36 Å². The van der Waals surface area contributed by atoms with E-state index in [0.717, 1.165) is 11.1 Å². The van der Waals surface area contributed by atoms with Crippen LogP contribution in [-0.2, 0) is 9.53 Å². The Morgan fingerprint density at radius 1 is 1.11 bits per heavy atom. The maximum atomic E-state index is 13.7. The average molecular weight is 491 g/mol. The van der Waals surface area contributed by atoms with Crippen molar-refractivity contribution >= 4 is 23.4 Å². The van der Waals surface area contributed by atoms with Gasteiger partial charge in [-0.15, -0.1) is 0 Å². The molecule has 3 aromatic rings. The first-order valence-corrected chi connectivity index (χ1v) is 11.8. The van der Waals surface area contributed by atoms with Crippen molar-refractivity contribution in [3.8, 4) is 11.5 Å². The number of allylic oxidation sites excluding steroid dienone is 1. The molecule has 2 heterocycles. The van der Waals surface area contributed by atoms with Crippen LogP contribution in [0.4, 0.5) is 0 Å². The highest BCUT2D eigenvalue weighted by atomic mass is 32.1. The molecule has 1 atom stereocenters. The highest BCUT2D eigenvalue weighted by molar-refractivity contribution is 7.07. The zero-order valence-electron chi connectivity index (χ0n) is 20.0. The average Bonchev–Trinajstić information content (AvgIpc) is 3.16. The van der Waals surface area contributed by atoms with E-state index in [1.165, 1.54) is 24.5 Å². The molecule has 0 radical (unpaired) electrons. The fourth-order valence-electron chi connectivity index (χ4n) is 3.95. The van der Waals surface area contributed by atoms with Gasteiger partial charge in [0.05, 0.1) is 36.1 Å². The van der Waals surface area contributed by atoms with Crippen molar-refractivity contribution < 1.29 is 19.0 Å². The van der Waals surface area contributed by atoms with E-state index in [1.54, 1.807) is 30.7 Å². The smallest absolute Gasteiger partial charge is 0.338 e. The predicted molar refractivity (Wildman–Crippen MR) is 136 cm³/mol. The number of ether oxygens (including phenoxy) is 3. The Morgan fingerprint density at radius 3 is 2.49 bits per heavy atom. The minimum atomic E-state index is -0.747. The van der Waals surface area contributed by atoms with E-state index >= 15 is 0 Å². The summed E-state index contributed by atoms with van der Waals surface area (Å²) in [6, 6.07) is 12.5. The predicted octanol–water partition coefficient (Wildman–Crippen LogP) is 3.29. The molecule has 7 nitrogen and oxygen atoms in total. The maximum absolute atomic E-state index is 13.7. The molecule has 4 rings (SSSR count). The third kappa shape index (κ3) is 4.70. The molecular weight excluding hydrogens is 464 g/mol. The van der Waals surface area contributed by atoms with E-state index in [0.29, 0.717) is 32.1 Å². The molecule has 0 fully saturated rings. The number of thiazole rings is 1. The van der Waals surface area contributed by atoms with Crippen molar-refractivity contribution in [3.05, 3.63) is 103 Å². The summed E-state index contributed by atoms with van der Waals surface area (Å²) < 4.78 is 18.3. The molecule has 1 aliphatic heterocycles. The van der Waals surface area contributed by atoms with Crippen LogP contribution >= 0.6 is 11.3 Å². The molecule has 0 N–H and O–H groups in total. The van der Waals surface area contributed by atoms with Gasteiger partial charge in [0, 0.05) is 0 Å². The van der Waals surface area contributed by atoms with Crippen LogP contribution in [0, 0.1) is 6.92 Å². The van der Waals surface area contributed by atoms with Crippen molar-refractivity contribution in [1.82, 2.24) is 4.57 Å². The number of nitrogens with zero attached hydrogens (tertiary/aromatic N) is 2. The molecule has 8 heteroatoms. The van der Waals surface area contributed by atoms with Crippen LogP contribution in [0.5, 0.6) is 11.5 Å². The Balaban J connectivity index is 1.95. The number of benzene rings is 2. The molecule has 0 amide bonds. The summed E-state index contributed by atoms with van der Waals surface area (Å²) >= 11 is 1.28. The van der Waals surface area contributed by atoms with Gasteiger partial charge in [-0.1, -0.05) is 59.9 Å². The Hall–Kier alpha value is -3.91. The first-order valence-electron chi connectivity index (χ1n) is 11.0. The van der Waals surface area contributed by atoms with Gasteiger partial charge in [0.25, 0.3) is 5.56 Å². The van der Waals surface area contributed by atoms with Gasteiger partial charge in [-0.25, -0.2) is 9.79 Å². The lowest BCUT2D eigenvalue weighted by molar-refractivity contribution is -0.138. The summed E-state index contributed by atoms with van der Waals surface area (Å²) in [5.41, 5.74) is 3.25. The zero-order valence-corrected chi connectivity index (χ0v) is 20.8. The second kappa shape index (κ2) is 10.1. The number of esters is 1. The lowest BCUT2D eigenvalue weighted by Gasteiger charge is -2.25. The second-order valence-corrected chi connectivity index (χ2v) is 9.00. The summed E-state index contributed by atoms with van der Waals surface area (Å²) in [4.78, 5) is 31.9. The minimum Gasteiger partial charge on any atom is -0.493 e. The highest BCUT2D eigenvalue weighted by Crippen LogP contribution is 2.36. The van der Waals surface area contributed by atoms with Crippen LogP contribution in [0.15, 0.2) is 76.2 Å². The summed E-state index contributed by atoms with van der Waals surface area (Å²) in [6.07, 6.45) is 3.33. The first kappa shape index (κ1) is 24.2. The van der Waals surface area contributed by atoms with Crippen molar-refractivity contribution in [2.75, 3.05) is 20.8 Å². The van der Waals surface area contributed by atoms with E-state index in [1.807, 2.05) is 43.3 Å². The summed E-state index contributed by atoms with van der Waals surface area (Å²) in [5, 5.41) is 0. The van der Waals surface area contributed by atoms with E-state index < -0.39 is 12.0 Å². The molecule has 0 saturated heterocycles. The van der Waals surface area contributed by atoms with Crippen LogP contribution in [0.25, 0.3) is 6.08 Å². The van der Waals surface area contributed by atoms with Crippen LogP contribution in [0.2, 0.25) is 0 Å². The van der Waals surface area contributed by atoms with Crippen LogP contribution < -0.4 is 24.4 Å². The number of aromatic nitrogens is 1. The largest absolute Gasteiger partial charge is 0.493 e. The molecule has 1 aromatic heterocycles. The number of hydrogen-bond acceptors (Lipinski definition) is 7. The monoisotopic (exact) mass is 490 g/mol. The third-order valence-corrected chi connectivity index (χ3v) is 6.66. The van der Waals surface area contributed by atoms with E-state index in [9.17, 15) is 9.59 Å². The third-order valence-electron chi connectivity index (χ3n) is 5.67. The molecule has 0 aliphatic carbocycles. The fraction of sp³-hybridized carbons (Fsp3) is 0.222. The van der Waals surface area contributed by atoms with Gasteiger partial charge in [0.2, 0.25) is 0 Å².